The Morgan fingerprint density at radius 2 is 1.77 bits per heavy atom. The van der Waals surface area contributed by atoms with Crippen molar-refractivity contribution in [1.82, 2.24) is 29.0 Å². The number of rotatable bonds is 6. The molecule has 3 aromatic heterocycles. The normalized spacial score (nSPS) is 19.6. The lowest BCUT2D eigenvalue weighted by Crippen LogP contribution is -2.39. The summed E-state index contributed by atoms with van der Waals surface area (Å²) < 4.78 is 31.4. The molecular weight excluding hydrogens is 416 g/mol. The predicted octanol–water partition coefficient (Wildman–Crippen LogP) is 2.54. The van der Waals surface area contributed by atoms with Gasteiger partial charge in [0.15, 0.2) is 5.03 Å². The second kappa shape index (κ2) is 8.72. The van der Waals surface area contributed by atoms with Crippen molar-refractivity contribution in [3.8, 4) is 11.3 Å². The smallest absolute Gasteiger partial charge is 0.267 e. The fourth-order valence-electron chi connectivity index (χ4n) is 3.82. The van der Waals surface area contributed by atoms with E-state index in [-0.39, 0.29) is 28.7 Å². The third-order valence-electron chi connectivity index (χ3n) is 5.61. The van der Waals surface area contributed by atoms with Crippen molar-refractivity contribution in [2.24, 2.45) is 0 Å². The van der Waals surface area contributed by atoms with Crippen LogP contribution in [-0.2, 0) is 10.0 Å². The number of aromatic nitrogens is 5. The van der Waals surface area contributed by atoms with Gasteiger partial charge >= 0.3 is 0 Å². The van der Waals surface area contributed by atoms with E-state index in [0.29, 0.717) is 31.4 Å². The van der Waals surface area contributed by atoms with E-state index in [2.05, 4.69) is 19.8 Å². The Morgan fingerprint density at radius 1 is 1.06 bits per heavy atom. The molecule has 0 aromatic carbocycles. The lowest BCUT2D eigenvalue weighted by Gasteiger charge is -2.29. The molecular formula is C21H26N6O3S. The third kappa shape index (κ3) is 4.75. The molecule has 0 aliphatic heterocycles. The van der Waals surface area contributed by atoms with Crippen LogP contribution in [0.2, 0.25) is 0 Å². The molecule has 1 fully saturated rings. The number of hydrogen-bond acceptors (Lipinski definition) is 6. The average molecular weight is 443 g/mol. The fraction of sp³-hybridized carbons (Fsp3) is 0.429. The van der Waals surface area contributed by atoms with E-state index in [1.54, 1.807) is 29.2 Å². The fourth-order valence-corrected chi connectivity index (χ4v) is 5.06. The SMILES string of the molecule is CC(C)n1cnc(S(=O)(=O)NC2CCC(n3nc(-c4ccncc4)ccc3=O)CC2)c1. The monoisotopic (exact) mass is 442 g/mol. The maximum atomic E-state index is 12.7. The van der Waals surface area contributed by atoms with E-state index in [9.17, 15) is 13.2 Å². The second-order valence-electron chi connectivity index (χ2n) is 8.12. The van der Waals surface area contributed by atoms with Crippen LogP contribution in [0.25, 0.3) is 11.3 Å². The molecule has 164 valence electrons. The number of nitrogens with one attached hydrogen (secondary N) is 1. The molecule has 0 amide bonds. The minimum atomic E-state index is -3.68. The van der Waals surface area contributed by atoms with Crippen LogP contribution in [-0.4, -0.2) is 38.8 Å². The van der Waals surface area contributed by atoms with Gasteiger partial charge < -0.3 is 4.57 Å². The summed E-state index contributed by atoms with van der Waals surface area (Å²) in [6, 6.07) is 6.83. The Balaban J connectivity index is 1.43. The first-order chi connectivity index (χ1) is 14.8. The van der Waals surface area contributed by atoms with Crippen LogP contribution in [0.1, 0.15) is 51.6 Å². The first kappa shape index (κ1) is 21.4. The highest BCUT2D eigenvalue weighted by Crippen LogP contribution is 2.28. The van der Waals surface area contributed by atoms with Crippen LogP contribution in [0.5, 0.6) is 0 Å². The second-order valence-corrected chi connectivity index (χ2v) is 9.78. The van der Waals surface area contributed by atoms with Gasteiger partial charge in [0.1, 0.15) is 0 Å². The molecule has 4 rings (SSSR count). The van der Waals surface area contributed by atoms with E-state index in [0.717, 1.165) is 5.56 Å². The Bertz CT molecular complexity index is 1200. The molecule has 0 unspecified atom stereocenters. The maximum absolute atomic E-state index is 12.7. The van der Waals surface area contributed by atoms with Crippen LogP contribution < -0.4 is 10.3 Å². The minimum Gasteiger partial charge on any atom is -0.334 e. The number of nitrogens with zero attached hydrogens (tertiary/aromatic N) is 5. The lowest BCUT2D eigenvalue weighted by molar-refractivity contribution is 0.286. The van der Waals surface area contributed by atoms with Crippen LogP contribution in [0, 0.1) is 0 Å². The number of hydrogen-bond donors (Lipinski definition) is 1. The molecule has 1 aliphatic carbocycles. The van der Waals surface area contributed by atoms with Crippen molar-refractivity contribution >= 4 is 10.0 Å². The van der Waals surface area contributed by atoms with E-state index in [1.807, 2.05) is 26.0 Å². The zero-order valence-corrected chi connectivity index (χ0v) is 18.4. The summed E-state index contributed by atoms with van der Waals surface area (Å²) in [6.07, 6.45) is 9.05. The van der Waals surface area contributed by atoms with E-state index in [4.69, 9.17) is 0 Å². The molecule has 1 aliphatic rings. The van der Waals surface area contributed by atoms with Gasteiger partial charge in [0.05, 0.1) is 18.1 Å². The summed E-state index contributed by atoms with van der Waals surface area (Å²) in [5, 5.41) is 4.59. The summed E-state index contributed by atoms with van der Waals surface area (Å²) in [4.78, 5) is 20.5. The molecule has 0 bridgehead atoms. The Kier molecular flexibility index (Phi) is 6.01. The molecule has 0 radical (unpaired) electrons. The maximum Gasteiger partial charge on any atom is 0.267 e. The summed E-state index contributed by atoms with van der Waals surface area (Å²) >= 11 is 0. The highest BCUT2D eigenvalue weighted by atomic mass is 32.2. The molecule has 1 N–H and O–H groups in total. The summed E-state index contributed by atoms with van der Waals surface area (Å²) in [6.45, 7) is 3.93. The zero-order valence-electron chi connectivity index (χ0n) is 17.5. The van der Waals surface area contributed by atoms with Crippen LogP contribution in [0.4, 0.5) is 0 Å². The van der Waals surface area contributed by atoms with E-state index in [1.165, 1.54) is 17.1 Å². The average Bonchev–Trinajstić information content (AvgIpc) is 3.27. The van der Waals surface area contributed by atoms with Crippen LogP contribution >= 0.6 is 0 Å². The van der Waals surface area contributed by atoms with Crippen molar-refractivity contribution in [1.29, 1.82) is 0 Å². The predicted molar refractivity (Wildman–Crippen MR) is 116 cm³/mol. The Hall–Kier alpha value is -2.85. The van der Waals surface area contributed by atoms with Gasteiger partial charge in [-0.05, 0) is 57.7 Å². The Morgan fingerprint density at radius 3 is 2.42 bits per heavy atom. The van der Waals surface area contributed by atoms with Crippen molar-refractivity contribution < 1.29 is 8.42 Å². The largest absolute Gasteiger partial charge is 0.334 e. The molecule has 31 heavy (non-hydrogen) atoms. The minimum absolute atomic E-state index is 0.0336. The molecule has 10 heteroatoms. The first-order valence-corrected chi connectivity index (χ1v) is 11.9. The van der Waals surface area contributed by atoms with Gasteiger partial charge in [-0.15, -0.1) is 0 Å². The molecule has 0 spiro atoms. The summed E-state index contributed by atoms with van der Waals surface area (Å²) in [5.74, 6) is 0. The van der Waals surface area contributed by atoms with Gasteiger partial charge in [-0.1, -0.05) is 0 Å². The van der Waals surface area contributed by atoms with E-state index >= 15 is 0 Å². The molecule has 0 saturated heterocycles. The van der Waals surface area contributed by atoms with Gasteiger partial charge in [-0.3, -0.25) is 9.78 Å². The molecule has 1 saturated carbocycles. The number of sulfonamides is 1. The highest BCUT2D eigenvalue weighted by molar-refractivity contribution is 7.89. The van der Waals surface area contributed by atoms with Gasteiger partial charge in [0.2, 0.25) is 0 Å². The first-order valence-electron chi connectivity index (χ1n) is 10.4. The van der Waals surface area contributed by atoms with Gasteiger partial charge in [-0.2, -0.15) is 5.10 Å². The topological polar surface area (TPSA) is 112 Å². The van der Waals surface area contributed by atoms with Crippen molar-refractivity contribution in [3.63, 3.8) is 0 Å². The Labute approximate surface area is 181 Å². The number of pyridine rings is 1. The summed E-state index contributed by atoms with van der Waals surface area (Å²) in [7, 11) is -3.68. The van der Waals surface area contributed by atoms with Crippen LogP contribution in [0.15, 0.2) is 59.0 Å². The van der Waals surface area contributed by atoms with Crippen molar-refractivity contribution in [2.75, 3.05) is 0 Å². The molecule has 0 atom stereocenters. The van der Waals surface area contributed by atoms with Gasteiger partial charge in [-0.25, -0.2) is 22.8 Å². The number of imidazole rings is 1. The molecule has 3 heterocycles. The highest BCUT2D eigenvalue weighted by Gasteiger charge is 2.28. The van der Waals surface area contributed by atoms with Gasteiger partial charge in [0.25, 0.3) is 15.6 Å². The summed E-state index contributed by atoms with van der Waals surface area (Å²) in [5.41, 5.74) is 1.46. The quantitative estimate of drug-likeness (QED) is 0.628. The van der Waals surface area contributed by atoms with Gasteiger partial charge in [0, 0.05) is 42.3 Å². The van der Waals surface area contributed by atoms with Crippen molar-refractivity contribution in [3.05, 3.63) is 59.5 Å². The molecule has 9 nitrogen and oxygen atoms in total. The zero-order chi connectivity index (χ0) is 22.0. The standard InChI is InChI=1S/C21H26N6O3S/c1-15(2)26-13-20(23-14-26)31(29,30)25-17-3-5-18(6-4-17)27-21(28)8-7-19(24-27)16-9-11-22-12-10-16/h7-15,17-18,25H,3-6H2,1-2H3. The van der Waals surface area contributed by atoms with E-state index < -0.39 is 10.0 Å². The molecule has 3 aromatic rings. The van der Waals surface area contributed by atoms with Crippen molar-refractivity contribution in [2.45, 2.75) is 62.7 Å². The third-order valence-corrected chi connectivity index (χ3v) is 7.02. The lowest BCUT2D eigenvalue weighted by atomic mass is 9.92. The van der Waals surface area contributed by atoms with Crippen LogP contribution in [0.3, 0.4) is 0 Å².